The number of ether oxygens (including phenoxy) is 2. The summed E-state index contributed by atoms with van der Waals surface area (Å²) in [5.74, 6) is -1.18. The lowest BCUT2D eigenvalue weighted by Gasteiger charge is -2.06. The Kier molecular flexibility index (Phi) is 5.55. The van der Waals surface area contributed by atoms with Crippen molar-refractivity contribution in [3.63, 3.8) is 0 Å². The van der Waals surface area contributed by atoms with Gasteiger partial charge >= 0.3 is 5.97 Å². The van der Waals surface area contributed by atoms with Crippen LogP contribution in [0.5, 0.6) is 5.75 Å². The molecule has 0 saturated carbocycles. The molecular weight excluding hydrogens is 372 g/mol. The molecule has 0 aliphatic heterocycles. The van der Waals surface area contributed by atoms with Crippen LogP contribution in [-0.4, -0.2) is 30.8 Å². The van der Waals surface area contributed by atoms with Gasteiger partial charge in [0.2, 0.25) is 0 Å². The zero-order valence-electron chi connectivity index (χ0n) is 12.1. The van der Waals surface area contributed by atoms with Crippen LogP contribution >= 0.6 is 27.3 Å². The summed E-state index contributed by atoms with van der Waals surface area (Å²) in [7, 11) is 1.54. The Labute approximate surface area is 140 Å². The number of carbonyl (C=O) groups is 2. The topological polar surface area (TPSA) is 72.8 Å². The highest BCUT2D eigenvalue weighted by Crippen LogP contribution is 2.35. The van der Waals surface area contributed by atoms with E-state index in [1.165, 1.54) is 25.4 Å². The Balaban J connectivity index is 2.26. The number of benzene rings is 1. The van der Waals surface area contributed by atoms with Gasteiger partial charge in [-0.05, 0) is 39.5 Å². The standard InChI is InChI=1S/C15H15BrO5S/c1-8(15(18)19)3-11(17)14-5-9-4-10(16)12(21-7-20-2)6-13(9)22-14/h4-6,8H,3,7H2,1-2H3,(H,18,19)/t8-/m0/s1. The molecule has 7 heteroatoms. The minimum absolute atomic E-state index is 0.00361. The highest BCUT2D eigenvalue weighted by Gasteiger charge is 2.19. The zero-order valence-corrected chi connectivity index (χ0v) is 14.5. The molecule has 0 saturated heterocycles. The summed E-state index contributed by atoms with van der Waals surface area (Å²) in [6.45, 7) is 1.66. The van der Waals surface area contributed by atoms with E-state index < -0.39 is 11.9 Å². The Morgan fingerprint density at radius 3 is 2.73 bits per heavy atom. The summed E-state index contributed by atoms with van der Waals surface area (Å²) in [6, 6.07) is 5.48. The van der Waals surface area contributed by atoms with Gasteiger partial charge in [-0.1, -0.05) is 6.92 Å². The van der Waals surface area contributed by atoms with Crippen molar-refractivity contribution >= 4 is 49.1 Å². The van der Waals surface area contributed by atoms with Gasteiger partial charge in [-0.3, -0.25) is 9.59 Å². The Hall–Kier alpha value is -1.44. The maximum Gasteiger partial charge on any atom is 0.306 e. The SMILES string of the molecule is COCOc1cc2sc(C(=O)C[C@H](C)C(=O)O)cc2cc1Br. The number of ketones is 1. The quantitative estimate of drug-likeness (QED) is 0.576. The lowest BCUT2D eigenvalue weighted by atomic mass is 10.0. The first-order valence-corrected chi connectivity index (χ1v) is 8.14. The van der Waals surface area contributed by atoms with E-state index >= 15 is 0 Å². The first kappa shape index (κ1) is 16.9. The normalized spacial score (nSPS) is 12.3. The van der Waals surface area contributed by atoms with E-state index in [0.717, 1.165) is 14.6 Å². The number of hydrogen-bond donors (Lipinski definition) is 1. The number of Topliss-reactive ketones (excluding diaryl/α,β-unsaturated/α-hetero) is 1. The second-order valence-corrected chi connectivity index (χ2v) is 6.79. The van der Waals surface area contributed by atoms with Gasteiger partial charge in [-0.2, -0.15) is 0 Å². The number of thiophene rings is 1. The average Bonchev–Trinajstić information content (AvgIpc) is 2.87. The Morgan fingerprint density at radius 2 is 2.09 bits per heavy atom. The monoisotopic (exact) mass is 386 g/mol. The van der Waals surface area contributed by atoms with Crippen LogP contribution in [0.15, 0.2) is 22.7 Å². The first-order valence-electron chi connectivity index (χ1n) is 6.53. The van der Waals surface area contributed by atoms with Gasteiger partial charge in [0.25, 0.3) is 0 Å². The molecule has 0 radical (unpaired) electrons. The molecule has 1 aromatic heterocycles. The fraction of sp³-hybridized carbons (Fsp3) is 0.333. The molecule has 22 heavy (non-hydrogen) atoms. The van der Waals surface area contributed by atoms with Crippen molar-refractivity contribution in [2.24, 2.45) is 5.92 Å². The van der Waals surface area contributed by atoms with Crippen molar-refractivity contribution in [2.75, 3.05) is 13.9 Å². The van der Waals surface area contributed by atoms with Crippen molar-refractivity contribution in [1.29, 1.82) is 0 Å². The molecule has 2 rings (SSSR count). The van der Waals surface area contributed by atoms with Gasteiger partial charge in [0.05, 0.1) is 15.3 Å². The van der Waals surface area contributed by atoms with E-state index in [9.17, 15) is 9.59 Å². The molecular formula is C15H15BrO5S. The smallest absolute Gasteiger partial charge is 0.306 e. The third kappa shape index (κ3) is 3.85. The summed E-state index contributed by atoms with van der Waals surface area (Å²) in [6.07, 6.45) is -0.00361. The zero-order chi connectivity index (χ0) is 16.3. The molecule has 0 spiro atoms. The molecule has 118 valence electrons. The molecule has 1 aromatic carbocycles. The first-order chi connectivity index (χ1) is 10.4. The Bertz CT molecular complexity index is 709. The minimum Gasteiger partial charge on any atom is -0.481 e. The number of aliphatic carboxylic acids is 1. The second-order valence-electron chi connectivity index (χ2n) is 4.85. The lowest BCUT2D eigenvalue weighted by Crippen LogP contribution is -2.13. The third-order valence-corrected chi connectivity index (χ3v) is 4.85. The summed E-state index contributed by atoms with van der Waals surface area (Å²) >= 11 is 4.75. The van der Waals surface area contributed by atoms with Gasteiger partial charge in [0, 0.05) is 18.2 Å². The molecule has 1 atom stereocenters. The van der Waals surface area contributed by atoms with Crippen molar-refractivity contribution < 1.29 is 24.2 Å². The second kappa shape index (κ2) is 7.21. The maximum atomic E-state index is 12.2. The number of halogens is 1. The molecule has 0 fully saturated rings. The van der Waals surface area contributed by atoms with Crippen LogP contribution in [0.3, 0.4) is 0 Å². The number of fused-ring (bicyclic) bond motifs is 1. The fourth-order valence-corrected chi connectivity index (χ4v) is 3.37. The number of carbonyl (C=O) groups excluding carboxylic acids is 1. The number of hydrogen-bond acceptors (Lipinski definition) is 5. The van der Waals surface area contributed by atoms with Gasteiger partial charge < -0.3 is 14.6 Å². The molecule has 2 aromatic rings. The number of methoxy groups -OCH3 is 1. The van der Waals surface area contributed by atoms with Crippen LogP contribution in [0.4, 0.5) is 0 Å². The fourth-order valence-electron chi connectivity index (χ4n) is 1.88. The van der Waals surface area contributed by atoms with E-state index in [-0.39, 0.29) is 19.0 Å². The molecule has 0 bridgehead atoms. The maximum absolute atomic E-state index is 12.2. The molecule has 0 unspecified atom stereocenters. The van der Waals surface area contributed by atoms with Crippen molar-refractivity contribution in [3.05, 3.63) is 27.5 Å². The Morgan fingerprint density at radius 1 is 1.36 bits per heavy atom. The van der Waals surface area contributed by atoms with E-state index in [1.54, 1.807) is 6.07 Å². The molecule has 1 heterocycles. The number of carboxylic acids is 1. The minimum atomic E-state index is -0.965. The van der Waals surface area contributed by atoms with Gasteiger partial charge in [-0.25, -0.2) is 0 Å². The van der Waals surface area contributed by atoms with Crippen LogP contribution in [0.2, 0.25) is 0 Å². The summed E-state index contributed by atoms with van der Waals surface area (Å²) in [5.41, 5.74) is 0. The predicted octanol–water partition coefficient (Wildman–Crippen LogP) is 3.94. The largest absolute Gasteiger partial charge is 0.481 e. The van der Waals surface area contributed by atoms with E-state index in [2.05, 4.69) is 15.9 Å². The van der Waals surface area contributed by atoms with E-state index in [1.807, 2.05) is 12.1 Å². The van der Waals surface area contributed by atoms with Gasteiger partial charge in [-0.15, -0.1) is 11.3 Å². The van der Waals surface area contributed by atoms with Crippen LogP contribution in [0, 0.1) is 5.92 Å². The predicted molar refractivity (Wildman–Crippen MR) is 87.8 cm³/mol. The van der Waals surface area contributed by atoms with Crippen molar-refractivity contribution in [1.82, 2.24) is 0 Å². The van der Waals surface area contributed by atoms with E-state index in [0.29, 0.717) is 10.6 Å². The summed E-state index contributed by atoms with van der Waals surface area (Å²) < 4.78 is 12.0. The number of carboxylic acid groups (broad SMARTS) is 1. The van der Waals surface area contributed by atoms with Crippen LogP contribution in [0.25, 0.3) is 10.1 Å². The highest BCUT2D eigenvalue weighted by atomic mass is 79.9. The number of rotatable bonds is 7. The van der Waals surface area contributed by atoms with Crippen molar-refractivity contribution in [3.8, 4) is 5.75 Å². The van der Waals surface area contributed by atoms with Crippen LogP contribution < -0.4 is 4.74 Å². The summed E-state index contributed by atoms with van der Waals surface area (Å²) in [4.78, 5) is 23.6. The molecule has 1 N–H and O–H groups in total. The molecule has 0 aliphatic rings. The van der Waals surface area contributed by atoms with Crippen molar-refractivity contribution in [2.45, 2.75) is 13.3 Å². The third-order valence-electron chi connectivity index (χ3n) is 3.09. The van der Waals surface area contributed by atoms with Crippen LogP contribution in [0.1, 0.15) is 23.0 Å². The molecule has 5 nitrogen and oxygen atoms in total. The van der Waals surface area contributed by atoms with E-state index in [4.69, 9.17) is 14.6 Å². The van der Waals surface area contributed by atoms with Gasteiger partial charge in [0.1, 0.15) is 5.75 Å². The van der Waals surface area contributed by atoms with Crippen LogP contribution in [-0.2, 0) is 9.53 Å². The summed E-state index contributed by atoms with van der Waals surface area (Å²) in [5, 5.41) is 9.80. The molecule has 0 aliphatic carbocycles. The average molecular weight is 387 g/mol. The van der Waals surface area contributed by atoms with Gasteiger partial charge in [0.15, 0.2) is 12.6 Å². The lowest BCUT2D eigenvalue weighted by molar-refractivity contribution is -0.141. The molecule has 0 amide bonds. The highest BCUT2D eigenvalue weighted by molar-refractivity contribution is 9.10.